The van der Waals surface area contributed by atoms with Crippen LogP contribution in [0.25, 0.3) is 0 Å². The van der Waals surface area contributed by atoms with E-state index in [4.69, 9.17) is 0 Å². The Bertz CT molecular complexity index is 196. The van der Waals surface area contributed by atoms with Crippen LogP contribution >= 0.6 is 0 Å². The van der Waals surface area contributed by atoms with Gasteiger partial charge in [-0.15, -0.1) is 0 Å². The average Bonchev–Trinajstić information content (AvgIpc) is 2.32. The van der Waals surface area contributed by atoms with Crippen molar-refractivity contribution in [2.45, 2.75) is 53.4 Å². The van der Waals surface area contributed by atoms with Gasteiger partial charge in [-0.2, -0.15) is 0 Å². The van der Waals surface area contributed by atoms with Gasteiger partial charge in [0.15, 0.2) is 0 Å². The van der Waals surface area contributed by atoms with Crippen LogP contribution in [-0.4, -0.2) is 0 Å². The summed E-state index contributed by atoms with van der Waals surface area (Å²) in [4.78, 5) is 0. The van der Waals surface area contributed by atoms with Gasteiger partial charge in [0, 0.05) is 0 Å². The molecule has 0 aromatic heterocycles. The second kappa shape index (κ2) is 3.87. The van der Waals surface area contributed by atoms with Gasteiger partial charge in [-0.05, 0) is 54.8 Å². The Morgan fingerprint density at radius 1 is 0.714 bits per heavy atom. The maximum Gasteiger partial charge on any atom is -0.0355 e. The number of fused-ring (bicyclic) bond motifs is 1. The van der Waals surface area contributed by atoms with E-state index >= 15 is 0 Å². The van der Waals surface area contributed by atoms with E-state index in [9.17, 15) is 0 Å². The Kier molecular flexibility index (Phi) is 2.91. The molecule has 0 radical (unpaired) electrons. The number of hydrogen-bond donors (Lipinski definition) is 0. The van der Waals surface area contributed by atoms with Crippen LogP contribution in [0.5, 0.6) is 0 Å². The lowest BCUT2D eigenvalue weighted by Crippen LogP contribution is -2.17. The van der Waals surface area contributed by atoms with Crippen molar-refractivity contribution in [1.29, 1.82) is 0 Å². The van der Waals surface area contributed by atoms with Crippen molar-refractivity contribution in [3.63, 3.8) is 0 Å². The number of rotatable bonds is 0. The van der Waals surface area contributed by atoms with Crippen molar-refractivity contribution in [3.8, 4) is 0 Å². The van der Waals surface area contributed by atoms with Crippen molar-refractivity contribution < 1.29 is 0 Å². The molecule has 0 aromatic rings. The monoisotopic (exact) mass is 194 g/mol. The summed E-state index contributed by atoms with van der Waals surface area (Å²) in [5.41, 5.74) is 0. The third-order valence-corrected chi connectivity index (χ3v) is 5.26. The van der Waals surface area contributed by atoms with Crippen LogP contribution in [0.15, 0.2) is 0 Å². The van der Waals surface area contributed by atoms with Gasteiger partial charge in [0.05, 0.1) is 0 Å². The second-order valence-electron chi connectivity index (χ2n) is 6.30. The summed E-state index contributed by atoms with van der Waals surface area (Å²) >= 11 is 0. The summed E-state index contributed by atoms with van der Waals surface area (Å²) in [5.74, 6) is 6.08. The molecule has 2 aliphatic carbocycles. The second-order valence-corrected chi connectivity index (χ2v) is 6.30. The van der Waals surface area contributed by atoms with E-state index in [2.05, 4.69) is 27.7 Å². The lowest BCUT2D eigenvalue weighted by Gasteiger charge is -2.24. The van der Waals surface area contributed by atoms with E-state index in [0.29, 0.717) is 0 Å². The summed E-state index contributed by atoms with van der Waals surface area (Å²) in [7, 11) is 0. The molecule has 0 nitrogen and oxygen atoms in total. The van der Waals surface area contributed by atoms with Gasteiger partial charge in [-0.25, -0.2) is 0 Å². The molecular weight excluding hydrogens is 168 g/mol. The minimum Gasteiger partial charge on any atom is -0.0625 e. The Balaban J connectivity index is 2.11. The quantitative estimate of drug-likeness (QED) is 0.538. The predicted molar refractivity (Wildman–Crippen MR) is 62.1 cm³/mol. The maximum absolute atomic E-state index is 2.50. The molecule has 0 bridgehead atoms. The molecule has 6 unspecified atom stereocenters. The highest BCUT2D eigenvalue weighted by molar-refractivity contribution is 4.91. The lowest BCUT2D eigenvalue weighted by atomic mass is 9.81. The largest absolute Gasteiger partial charge is 0.0625 e. The minimum atomic E-state index is 0.984. The zero-order valence-electron chi connectivity index (χ0n) is 10.3. The lowest BCUT2D eigenvalue weighted by molar-refractivity contribution is 0.247. The Morgan fingerprint density at radius 2 is 1.43 bits per heavy atom. The molecule has 0 heteroatoms. The normalized spacial score (nSPS) is 54.0. The fourth-order valence-electron chi connectivity index (χ4n) is 4.17. The molecule has 0 heterocycles. The third-order valence-electron chi connectivity index (χ3n) is 5.26. The summed E-state index contributed by atoms with van der Waals surface area (Å²) in [6.07, 6.45) is 6.00. The van der Waals surface area contributed by atoms with E-state index in [-0.39, 0.29) is 0 Å². The van der Waals surface area contributed by atoms with Gasteiger partial charge in [0.1, 0.15) is 0 Å². The molecule has 2 rings (SSSR count). The Morgan fingerprint density at radius 3 is 2.14 bits per heavy atom. The first-order chi connectivity index (χ1) is 6.59. The summed E-state index contributed by atoms with van der Waals surface area (Å²) in [5, 5.41) is 0. The molecule has 2 aliphatic rings. The third kappa shape index (κ3) is 1.73. The van der Waals surface area contributed by atoms with Crippen molar-refractivity contribution in [2.24, 2.45) is 35.5 Å². The van der Waals surface area contributed by atoms with Crippen LogP contribution in [0.3, 0.4) is 0 Å². The van der Waals surface area contributed by atoms with E-state index < -0.39 is 0 Å². The van der Waals surface area contributed by atoms with E-state index in [1.165, 1.54) is 25.7 Å². The fourth-order valence-corrected chi connectivity index (χ4v) is 4.17. The Labute approximate surface area is 89.5 Å². The zero-order chi connectivity index (χ0) is 10.3. The molecule has 0 N–H and O–H groups in total. The first kappa shape index (κ1) is 10.5. The van der Waals surface area contributed by atoms with Crippen LogP contribution in [-0.2, 0) is 0 Å². The molecule has 0 aliphatic heterocycles. The number of hydrogen-bond acceptors (Lipinski definition) is 0. The average molecular weight is 194 g/mol. The summed E-state index contributed by atoms with van der Waals surface area (Å²) < 4.78 is 0. The smallest absolute Gasteiger partial charge is 0.0355 e. The molecule has 2 fully saturated rings. The topological polar surface area (TPSA) is 0 Å². The van der Waals surface area contributed by atoms with E-state index in [1.807, 2.05) is 0 Å². The highest BCUT2D eigenvalue weighted by Crippen LogP contribution is 2.50. The van der Waals surface area contributed by atoms with Gasteiger partial charge in [0.2, 0.25) is 0 Å². The van der Waals surface area contributed by atoms with Gasteiger partial charge in [-0.1, -0.05) is 34.1 Å². The van der Waals surface area contributed by atoms with Crippen LogP contribution in [0.2, 0.25) is 0 Å². The van der Waals surface area contributed by atoms with Gasteiger partial charge < -0.3 is 0 Å². The van der Waals surface area contributed by atoms with Gasteiger partial charge in [-0.3, -0.25) is 0 Å². The Hall–Kier alpha value is 0. The molecule has 14 heavy (non-hydrogen) atoms. The van der Waals surface area contributed by atoms with Crippen LogP contribution < -0.4 is 0 Å². The van der Waals surface area contributed by atoms with E-state index in [1.54, 1.807) is 0 Å². The van der Waals surface area contributed by atoms with E-state index in [0.717, 1.165) is 35.5 Å². The molecule has 0 aromatic carbocycles. The highest BCUT2D eigenvalue weighted by atomic mass is 14.5. The van der Waals surface area contributed by atoms with Crippen molar-refractivity contribution >= 4 is 0 Å². The van der Waals surface area contributed by atoms with Crippen LogP contribution in [0.4, 0.5) is 0 Å². The van der Waals surface area contributed by atoms with Crippen molar-refractivity contribution in [2.75, 3.05) is 0 Å². The molecule has 0 spiro atoms. The molecule has 0 amide bonds. The van der Waals surface area contributed by atoms with Gasteiger partial charge in [0.25, 0.3) is 0 Å². The van der Waals surface area contributed by atoms with Gasteiger partial charge >= 0.3 is 0 Å². The minimum absolute atomic E-state index is 0.984. The van der Waals surface area contributed by atoms with Crippen LogP contribution in [0, 0.1) is 35.5 Å². The highest BCUT2D eigenvalue weighted by Gasteiger charge is 2.42. The first-order valence-corrected chi connectivity index (χ1v) is 6.59. The zero-order valence-corrected chi connectivity index (χ0v) is 10.3. The molecule has 6 atom stereocenters. The van der Waals surface area contributed by atoms with Crippen molar-refractivity contribution in [1.82, 2.24) is 0 Å². The standard InChI is InChI=1S/C14H26/c1-9-5-6-13-12(4)10(2)8-14(13)11(3)7-9/h9-14H,5-8H2,1-4H3. The summed E-state index contributed by atoms with van der Waals surface area (Å²) in [6, 6.07) is 0. The molecule has 82 valence electrons. The van der Waals surface area contributed by atoms with Crippen molar-refractivity contribution in [3.05, 3.63) is 0 Å². The maximum atomic E-state index is 2.50. The van der Waals surface area contributed by atoms with Crippen LogP contribution in [0.1, 0.15) is 53.4 Å². The molecule has 2 saturated carbocycles. The first-order valence-electron chi connectivity index (χ1n) is 6.59. The predicted octanol–water partition coefficient (Wildman–Crippen LogP) is 4.35. The fraction of sp³-hybridized carbons (Fsp3) is 1.00. The molecular formula is C14H26. The summed E-state index contributed by atoms with van der Waals surface area (Å²) in [6.45, 7) is 9.92. The SMILES string of the molecule is CC1CCC2C(C)C(C)CC2C(C)C1. The molecule has 0 saturated heterocycles.